The molecule has 0 N–H and O–H groups in total. The molecule has 0 heteroatoms. The molecule has 3 aromatic carbocycles. The number of unbranched alkanes of at least 4 members (excludes halogenated alkanes) is 4. The van der Waals surface area contributed by atoms with Crippen LogP contribution in [0.3, 0.4) is 0 Å². The van der Waals surface area contributed by atoms with E-state index < -0.39 is 0 Å². The van der Waals surface area contributed by atoms with Gasteiger partial charge in [-0.3, -0.25) is 0 Å². The van der Waals surface area contributed by atoms with E-state index in [-0.39, 0.29) is 0 Å². The average molecular weight is 451 g/mol. The fraction of sp³-hybridized carbons (Fsp3) is 0.471. The molecule has 0 aromatic heterocycles. The molecule has 3 aromatic rings. The molecular formula is C34H42. The molecule has 0 saturated heterocycles. The molecule has 0 atom stereocenters. The topological polar surface area (TPSA) is 0 Å². The number of hydrogen-bond acceptors (Lipinski definition) is 0. The highest BCUT2D eigenvalue weighted by Gasteiger charge is 2.21. The predicted octanol–water partition coefficient (Wildman–Crippen LogP) is 9.83. The van der Waals surface area contributed by atoms with E-state index in [1.165, 1.54) is 98.9 Å². The Bertz CT molecular complexity index is 1080. The molecule has 1 saturated carbocycles. The van der Waals surface area contributed by atoms with Crippen LogP contribution in [-0.2, 0) is 6.42 Å². The van der Waals surface area contributed by atoms with Crippen LogP contribution >= 0.6 is 0 Å². The molecule has 0 unspecified atom stereocenters. The maximum atomic E-state index is 3.39. The third-order valence-corrected chi connectivity index (χ3v) is 7.77. The Morgan fingerprint density at radius 2 is 1.29 bits per heavy atom. The van der Waals surface area contributed by atoms with Crippen LogP contribution < -0.4 is 0 Å². The summed E-state index contributed by atoms with van der Waals surface area (Å²) in [6.07, 6.45) is 16.2. The summed E-state index contributed by atoms with van der Waals surface area (Å²) in [5, 5.41) is 2.61. The molecule has 4 rings (SSSR count). The molecular weight excluding hydrogens is 408 g/mol. The molecule has 0 aliphatic heterocycles. The maximum absolute atomic E-state index is 3.39. The van der Waals surface area contributed by atoms with Gasteiger partial charge in [-0.15, -0.1) is 0 Å². The van der Waals surface area contributed by atoms with Crippen molar-refractivity contribution in [1.29, 1.82) is 0 Å². The highest BCUT2D eigenvalue weighted by molar-refractivity contribution is 5.84. The zero-order valence-corrected chi connectivity index (χ0v) is 21.4. The zero-order valence-electron chi connectivity index (χ0n) is 21.4. The lowest BCUT2D eigenvalue weighted by Gasteiger charge is -2.29. The molecule has 0 amide bonds. The molecule has 34 heavy (non-hydrogen) atoms. The summed E-state index contributed by atoms with van der Waals surface area (Å²) in [4.78, 5) is 0. The second-order valence-electron chi connectivity index (χ2n) is 10.4. The van der Waals surface area contributed by atoms with E-state index in [1.54, 1.807) is 0 Å². The third-order valence-electron chi connectivity index (χ3n) is 7.77. The van der Waals surface area contributed by atoms with Gasteiger partial charge >= 0.3 is 0 Å². The first kappa shape index (κ1) is 24.6. The molecule has 1 fully saturated rings. The van der Waals surface area contributed by atoms with Crippen LogP contribution in [-0.4, -0.2) is 0 Å². The first-order valence-corrected chi connectivity index (χ1v) is 13.9. The van der Waals surface area contributed by atoms with Crippen molar-refractivity contribution in [2.24, 2.45) is 5.92 Å². The molecule has 0 heterocycles. The Hall–Kier alpha value is -2.52. The summed E-state index contributed by atoms with van der Waals surface area (Å²) in [7, 11) is 0. The molecule has 1 aliphatic carbocycles. The fourth-order valence-electron chi connectivity index (χ4n) is 5.56. The molecule has 0 bridgehead atoms. The van der Waals surface area contributed by atoms with Crippen molar-refractivity contribution in [3.63, 3.8) is 0 Å². The summed E-state index contributed by atoms with van der Waals surface area (Å²) >= 11 is 0. The second-order valence-corrected chi connectivity index (χ2v) is 10.4. The van der Waals surface area contributed by atoms with E-state index in [1.807, 2.05) is 0 Å². The van der Waals surface area contributed by atoms with E-state index in [0.717, 1.165) is 23.0 Å². The van der Waals surface area contributed by atoms with Gasteiger partial charge in [0.05, 0.1) is 0 Å². The molecule has 1 aliphatic rings. The van der Waals surface area contributed by atoms with E-state index in [2.05, 4.69) is 86.4 Å². The van der Waals surface area contributed by atoms with Gasteiger partial charge in [0, 0.05) is 11.1 Å². The van der Waals surface area contributed by atoms with Crippen molar-refractivity contribution in [2.75, 3.05) is 0 Å². The zero-order chi connectivity index (χ0) is 23.6. The number of fused-ring (bicyclic) bond motifs is 1. The van der Waals surface area contributed by atoms with E-state index in [0.29, 0.717) is 0 Å². The SMILES string of the molecule is CCCCCc1ccc2cc(C#Cc3ccc(C4CCC(CCCCC)CC4)cc3)ccc2c1. The van der Waals surface area contributed by atoms with Gasteiger partial charge in [0.15, 0.2) is 0 Å². The summed E-state index contributed by atoms with van der Waals surface area (Å²) in [6.45, 7) is 4.56. The lowest BCUT2D eigenvalue weighted by atomic mass is 9.77. The van der Waals surface area contributed by atoms with E-state index in [4.69, 9.17) is 0 Å². The number of benzene rings is 3. The highest BCUT2D eigenvalue weighted by atomic mass is 14.3. The van der Waals surface area contributed by atoms with Crippen molar-refractivity contribution in [2.45, 2.75) is 96.8 Å². The van der Waals surface area contributed by atoms with Gasteiger partial charge in [-0.1, -0.05) is 101 Å². The van der Waals surface area contributed by atoms with E-state index in [9.17, 15) is 0 Å². The number of aryl methyl sites for hydroxylation is 1. The van der Waals surface area contributed by atoms with Gasteiger partial charge in [0.2, 0.25) is 0 Å². The monoisotopic (exact) mass is 450 g/mol. The normalized spacial score (nSPS) is 17.9. The van der Waals surface area contributed by atoms with Crippen LogP contribution in [0.5, 0.6) is 0 Å². The minimum Gasteiger partial charge on any atom is -0.0654 e. The van der Waals surface area contributed by atoms with Crippen LogP contribution in [0.4, 0.5) is 0 Å². The Morgan fingerprint density at radius 1 is 0.647 bits per heavy atom. The van der Waals surface area contributed by atoms with Gasteiger partial charge in [-0.05, 0) is 96.5 Å². The maximum Gasteiger partial charge on any atom is 0.0255 e. The average Bonchev–Trinajstić information content (AvgIpc) is 2.88. The van der Waals surface area contributed by atoms with Crippen molar-refractivity contribution >= 4 is 10.8 Å². The Morgan fingerprint density at radius 3 is 2.06 bits per heavy atom. The second kappa shape index (κ2) is 12.8. The van der Waals surface area contributed by atoms with Gasteiger partial charge < -0.3 is 0 Å². The molecule has 0 nitrogen and oxygen atoms in total. The first-order valence-electron chi connectivity index (χ1n) is 13.9. The lowest BCUT2D eigenvalue weighted by Crippen LogP contribution is -2.13. The Labute approximate surface area is 208 Å². The van der Waals surface area contributed by atoms with Crippen LogP contribution in [0.1, 0.15) is 113 Å². The van der Waals surface area contributed by atoms with Gasteiger partial charge in [0.25, 0.3) is 0 Å². The van der Waals surface area contributed by atoms with Crippen LogP contribution in [0, 0.1) is 17.8 Å². The third kappa shape index (κ3) is 6.99. The summed E-state index contributed by atoms with van der Waals surface area (Å²) in [5.41, 5.74) is 5.17. The molecule has 178 valence electrons. The minimum absolute atomic E-state index is 0.747. The fourth-order valence-corrected chi connectivity index (χ4v) is 5.56. The number of hydrogen-bond donors (Lipinski definition) is 0. The summed E-state index contributed by atoms with van der Waals surface area (Å²) < 4.78 is 0. The predicted molar refractivity (Wildman–Crippen MR) is 148 cm³/mol. The summed E-state index contributed by atoms with van der Waals surface area (Å²) in [6, 6.07) is 22.6. The van der Waals surface area contributed by atoms with Crippen LogP contribution in [0.2, 0.25) is 0 Å². The van der Waals surface area contributed by atoms with Crippen molar-refractivity contribution in [3.8, 4) is 11.8 Å². The highest BCUT2D eigenvalue weighted by Crippen LogP contribution is 2.37. The Kier molecular flexibility index (Phi) is 9.27. The van der Waals surface area contributed by atoms with Crippen molar-refractivity contribution in [1.82, 2.24) is 0 Å². The molecule has 0 radical (unpaired) electrons. The Balaban J connectivity index is 1.33. The lowest BCUT2D eigenvalue weighted by molar-refractivity contribution is 0.303. The van der Waals surface area contributed by atoms with Gasteiger partial charge in [-0.2, -0.15) is 0 Å². The van der Waals surface area contributed by atoms with Crippen molar-refractivity contribution in [3.05, 3.63) is 82.9 Å². The quantitative estimate of drug-likeness (QED) is 0.225. The van der Waals surface area contributed by atoms with Crippen molar-refractivity contribution < 1.29 is 0 Å². The van der Waals surface area contributed by atoms with Crippen LogP contribution in [0.15, 0.2) is 60.7 Å². The van der Waals surface area contributed by atoms with E-state index >= 15 is 0 Å². The van der Waals surface area contributed by atoms with Crippen LogP contribution in [0.25, 0.3) is 10.8 Å². The largest absolute Gasteiger partial charge is 0.0654 e. The minimum atomic E-state index is 0.747. The summed E-state index contributed by atoms with van der Waals surface area (Å²) in [5.74, 6) is 8.50. The van der Waals surface area contributed by atoms with Gasteiger partial charge in [-0.25, -0.2) is 0 Å². The smallest absolute Gasteiger partial charge is 0.0255 e. The van der Waals surface area contributed by atoms with Gasteiger partial charge in [0.1, 0.15) is 0 Å². The standard InChI is InChI=1S/C34H42/c1-3-5-7-9-27-13-19-31(20-14-27)32-21-15-28(16-22-32)11-12-30-18-24-33-25-29(10-8-6-4-2)17-23-34(33)26-30/h15-18,21-27,31H,3-10,13-14,19-20H2,1-2H3. The first-order chi connectivity index (χ1) is 16.7. The number of rotatable bonds is 9. The molecule has 0 spiro atoms.